The zero-order chi connectivity index (χ0) is 25.3. The molecule has 2 N–H and O–H groups in total. The number of esters is 2. The molecule has 0 bridgehead atoms. The fraction of sp³-hybridized carbons (Fsp3) is 0.450. The van der Waals surface area contributed by atoms with Gasteiger partial charge in [0.25, 0.3) is 5.91 Å². The molecule has 10 nitrogen and oxygen atoms in total. The Morgan fingerprint density at radius 3 is 2.44 bits per heavy atom. The number of thioether (sulfide) groups is 1. The summed E-state index contributed by atoms with van der Waals surface area (Å²) in [5.74, 6) is -3.82. The number of benzene rings is 1. The average Bonchev–Trinajstić information content (AvgIpc) is 2.78. The number of halogens is 3. The molecule has 0 spiro atoms. The molecule has 2 saturated heterocycles. The molecule has 2 amide bonds. The van der Waals surface area contributed by atoms with Gasteiger partial charge in [0, 0.05) is 19.2 Å². The van der Waals surface area contributed by atoms with Crippen LogP contribution < -0.4 is 5.32 Å². The van der Waals surface area contributed by atoms with Crippen LogP contribution in [0.25, 0.3) is 0 Å². The number of ether oxygens (including phenoxy) is 2. The normalized spacial score (nSPS) is 23.9. The van der Waals surface area contributed by atoms with Gasteiger partial charge in [-0.1, -0.05) is 46.9 Å². The van der Waals surface area contributed by atoms with E-state index in [1.54, 1.807) is 0 Å². The van der Waals surface area contributed by atoms with Crippen LogP contribution in [-0.2, 0) is 23.9 Å². The highest BCUT2D eigenvalue weighted by atomic mass is 35.6. The lowest BCUT2D eigenvalue weighted by molar-refractivity contribution is -0.168. The largest absolute Gasteiger partial charge is 0.478 e. The molecule has 3 atom stereocenters. The maximum absolute atomic E-state index is 12.8. The minimum absolute atomic E-state index is 0.0819. The smallest absolute Gasteiger partial charge is 0.336 e. The lowest BCUT2D eigenvalue weighted by Gasteiger charge is -2.53. The Morgan fingerprint density at radius 1 is 1.21 bits per heavy atom. The second kappa shape index (κ2) is 10.2. The summed E-state index contributed by atoms with van der Waals surface area (Å²) in [5.41, 5.74) is -1.68. The summed E-state index contributed by atoms with van der Waals surface area (Å²) in [5, 5.41) is 11.3. The van der Waals surface area contributed by atoms with Gasteiger partial charge in [0.05, 0.1) is 11.1 Å². The van der Waals surface area contributed by atoms with Crippen molar-refractivity contribution in [2.24, 2.45) is 5.41 Å². The van der Waals surface area contributed by atoms with Gasteiger partial charge in [0.2, 0.25) is 9.70 Å². The number of alkyl halides is 3. The van der Waals surface area contributed by atoms with Gasteiger partial charge in [-0.25, -0.2) is 4.79 Å². The van der Waals surface area contributed by atoms with Crippen LogP contribution in [-0.4, -0.2) is 80.4 Å². The lowest BCUT2D eigenvalue weighted by atomic mass is 9.88. The van der Waals surface area contributed by atoms with Gasteiger partial charge in [0.1, 0.15) is 30.0 Å². The van der Waals surface area contributed by atoms with E-state index in [0.717, 1.165) is 0 Å². The first-order chi connectivity index (χ1) is 15.8. The van der Waals surface area contributed by atoms with Crippen molar-refractivity contribution in [3.63, 3.8) is 0 Å². The van der Waals surface area contributed by atoms with E-state index in [0.29, 0.717) is 0 Å². The summed E-state index contributed by atoms with van der Waals surface area (Å²) in [6.07, 6.45) is 0. The van der Waals surface area contributed by atoms with Crippen LogP contribution in [0.5, 0.6) is 0 Å². The molecule has 1 aromatic rings. The average molecular weight is 554 g/mol. The van der Waals surface area contributed by atoms with Crippen molar-refractivity contribution in [3.8, 4) is 0 Å². The zero-order valence-corrected chi connectivity index (χ0v) is 20.7. The summed E-state index contributed by atoms with van der Waals surface area (Å²) < 4.78 is 8.31. The molecule has 0 radical (unpaired) electrons. The maximum atomic E-state index is 12.8. The van der Waals surface area contributed by atoms with Crippen LogP contribution in [0.3, 0.4) is 0 Å². The highest BCUT2D eigenvalue weighted by Crippen LogP contribution is 2.43. The van der Waals surface area contributed by atoms with Gasteiger partial charge >= 0.3 is 17.9 Å². The molecule has 184 valence electrons. The molecular formula is C20H19Cl3N2O8S. The minimum atomic E-state index is -1.85. The van der Waals surface area contributed by atoms with Crippen LogP contribution in [0.2, 0.25) is 0 Å². The first-order valence-corrected chi connectivity index (χ1v) is 12.0. The van der Waals surface area contributed by atoms with Crippen molar-refractivity contribution >= 4 is 76.3 Å². The van der Waals surface area contributed by atoms with E-state index in [-0.39, 0.29) is 30.0 Å². The third-order valence-corrected chi connectivity index (χ3v) is 7.10. The number of nitrogens with one attached hydrogen (secondary N) is 1. The third kappa shape index (κ3) is 5.70. The van der Waals surface area contributed by atoms with Crippen molar-refractivity contribution in [1.82, 2.24) is 10.2 Å². The summed E-state index contributed by atoms with van der Waals surface area (Å²) in [6.45, 7) is 0.136. The second-order valence-corrected chi connectivity index (χ2v) is 11.3. The van der Waals surface area contributed by atoms with Gasteiger partial charge in [-0.15, -0.1) is 11.8 Å². The van der Waals surface area contributed by atoms with Gasteiger partial charge in [-0.05, 0) is 12.1 Å². The number of hydrogen-bond donors (Lipinski definition) is 2. The Kier molecular flexibility index (Phi) is 7.91. The van der Waals surface area contributed by atoms with Crippen molar-refractivity contribution in [1.29, 1.82) is 0 Å². The van der Waals surface area contributed by atoms with Crippen LogP contribution >= 0.6 is 46.6 Å². The quantitative estimate of drug-likeness (QED) is 0.294. The highest BCUT2D eigenvalue weighted by molar-refractivity contribution is 8.00. The van der Waals surface area contributed by atoms with Gasteiger partial charge < -0.3 is 24.8 Å². The molecule has 0 saturated carbocycles. The molecule has 14 heteroatoms. The van der Waals surface area contributed by atoms with E-state index in [4.69, 9.17) is 44.3 Å². The van der Waals surface area contributed by atoms with Crippen molar-refractivity contribution in [3.05, 3.63) is 35.4 Å². The molecule has 1 aromatic carbocycles. The fourth-order valence-corrected chi connectivity index (χ4v) is 5.21. The van der Waals surface area contributed by atoms with Crippen LogP contribution in [0, 0.1) is 5.41 Å². The third-order valence-electron chi connectivity index (χ3n) is 5.19. The summed E-state index contributed by atoms with van der Waals surface area (Å²) >= 11 is 18.1. The topological polar surface area (TPSA) is 139 Å². The fourth-order valence-electron chi connectivity index (χ4n) is 3.52. The molecule has 0 aromatic heterocycles. The Labute approximate surface area is 213 Å². The number of carbonyl (C=O) groups is 5. The molecular weight excluding hydrogens is 535 g/mol. The minimum Gasteiger partial charge on any atom is -0.478 e. The van der Waals surface area contributed by atoms with Crippen molar-refractivity contribution < 1.29 is 38.6 Å². The standard InChI is InChI=1S/C20H19Cl3N2O8S/c1-10(26)32-7-19(18(31)33-8-20(21,22)23)6-25-15(28)13(16(25)34-9-19)24-14(27)11-4-2-3-5-12(11)17(29)30/h2-5,13,16H,6-9H2,1H3,(H,24,27)(H,29,30)/t13?,16-,19?/m1/s1. The number of carboxylic acids is 1. The Balaban J connectivity index is 1.72. The monoisotopic (exact) mass is 552 g/mol. The van der Waals surface area contributed by atoms with Crippen LogP contribution in [0.4, 0.5) is 0 Å². The number of carbonyl (C=O) groups excluding carboxylic acids is 4. The van der Waals surface area contributed by atoms with Crippen LogP contribution in [0.15, 0.2) is 24.3 Å². The first-order valence-electron chi connectivity index (χ1n) is 9.77. The van der Waals surface area contributed by atoms with Gasteiger partial charge in [-0.2, -0.15) is 0 Å². The molecule has 0 aliphatic carbocycles. The Hall–Kier alpha value is -2.21. The summed E-state index contributed by atoms with van der Waals surface area (Å²) in [6, 6.07) is 4.70. The molecule has 2 aliphatic rings. The number of amides is 2. The zero-order valence-electron chi connectivity index (χ0n) is 17.6. The first kappa shape index (κ1) is 26.4. The Bertz CT molecular complexity index is 1030. The number of nitrogens with zero attached hydrogens (tertiary/aromatic N) is 1. The predicted molar refractivity (Wildman–Crippen MR) is 123 cm³/mol. The number of carboxylic acid groups (broad SMARTS) is 1. The number of hydrogen-bond acceptors (Lipinski definition) is 8. The molecule has 3 rings (SSSR count). The number of rotatable bonds is 7. The van der Waals surface area contributed by atoms with E-state index >= 15 is 0 Å². The lowest BCUT2D eigenvalue weighted by Crippen LogP contribution is -2.74. The van der Waals surface area contributed by atoms with E-state index in [1.807, 2.05) is 0 Å². The van der Waals surface area contributed by atoms with E-state index < -0.39 is 57.0 Å². The van der Waals surface area contributed by atoms with Crippen molar-refractivity contribution in [2.75, 3.05) is 25.5 Å². The molecule has 2 unspecified atom stereocenters. The van der Waals surface area contributed by atoms with Gasteiger partial charge in [0.15, 0.2) is 0 Å². The van der Waals surface area contributed by atoms with Gasteiger partial charge in [-0.3, -0.25) is 19.2 Å². The second-order valence-electron chi connectivity index (χ2n) is 7.72. The number of β-lactam (4-membered cyclic amide) rings is 1. The molecule has 34 heavy (non-hydrogen) atoms. The maximum Gasteiger partial charge on any atom is 0.336 e. The molecule has 2 aliphatic heterocycles. The Morgan fingerprint density at radius 2 is 1.85 bits per heavy atom. The predicted octanol–water partition coefficient (Wildman–Crippen LogP) is 1.86. The van der Waals surface area contributed by atoms with E-state index in [9.17, 15) is 29.1 Å². The summed E-state index contributed by atoms with van der Waals surface area (Å²) in [7, 11) is 0. The van der Waals surface area contributed by atoms with E-state index in [1.165, 1.54) is 47.9 Å². The van der Waals surface area contributed by atoms with Crippen molar-refractivity contribution in [2.45, 2.75) is 22.1 Å². The number of aromatic carboxylic acids is 1. The van der Waals surface area contributed by atoms with E-state index in [2.05, 4.69) is 5.32 Å². The summed E-state index contributed by atoms with van der Waals surface area (Å²) in [4.78, 5) is 62.4. The number of fused-ring (bicyclic) bond motifs is 1. The highest BCUT2D eigenvalue weighted by Gasteiger charge is 2.58. The molecule has 2 heterocycles. The molecule has 2 fully saturated rings. The SMILES string of the molecule is CC(=O)OCC1(C(=O)OCC(Cl)(Cl)Cl)CS[C@@H]2C(NC(=O)c3ccccc3C(=O)O)C(=O)N2C1. The van der Waals surface area contributed by atoms with Crippen LogP contribution in [0.1, 0.15) is 27.6 Å².